The standard InChI is InChI=1S/C12H18NO3/c1-2-3-6-13-8-12(16)9-4-5-10(14)11(15)7-9/h4-5,7,12-16H,1-3,6,8H2. The number of benzene rings is 1. The smallest absolute Gasteiger partial charge is 0.157 e. The molecule has 0 bridgehead atoms. The van der Waals surface area contributed by atoms with E-state index in [4.69, 9.17) is 5.11 Å². The fraction of sp³-hybridized carbons (Fsp3) is 0.417. The first-order valence-corrected chi connectivity index (χ1v) is 5.35. The summed E-state index contributed by atoms with van der Waals surface area (Å²) in [5.41, 5.74) is 0.581. The lowest BCUT2D eigenvalue weighted by Gasteiger charge is -2.12. The molecule has 4 N–H and O–H groups in total. The summed E-state index contributed by atoms with van der Waals surface area (Å²) in [5.74, 6) is -0.393. The van der Waals surface area contributed by atoms with Gasteiger partial charge in [-0.25, -0.2) is 0 Å². The van der Waals surface area contributed by atoms with E-state index in [0.717, 1.165) is 19.4 Å². The second-order valence-electron chi connectivity index (χ2n) is 3.68. The van der Waals surface area contributed by atoms with Crippen molar-refractivity contribution < 1.29 is 15.3 Å². The lowest BCUT2D eigenvalue weighted by molar-refractivity contribution is 0.174. The number of hydrogen-bond acceptors (Lipinski definition) is 4. The highest BCUT2D eigenvalue weighted by molar-refractivity contribution is 5.41. The van der Waals surface area contributed by atoms with Gasteiger partial charge < -0.3 is 20.6 Å². The van der Waals surface area contributed by atoms with Gasteiger partial charge in [-0.05, 0) is 30.7 Å². The maximum absolute atomic E-state index is 9.76. The van der Waals surface area contributed by atoms with Gasteiger partial charge in [-0.3, -0.25) is 0 Å². The summed E-state index contributed by atoms with van der Waals surface area (Å²) in [4.78, 5) is 0. The van der Waals surface area contributed by atoms with E-state index in [1.54, 1.807) is 6.07 Å². The molecule has 0 fully saturated rings. The maximum Gasteiger partial charge on any atom is 0.157 e. The van der Waals surface area contributed by atoms with E-state index < -0.39 is 6.10 Å². The molecule has 1 aromatic rings. The Bertz CT molecular complexity index is 328. The average Bonchev–Trinajstić information content (AvgIpc) is 2.28. The molecule has 0 saturated heterocycles. The minimum absolute atomic E-state index is 0.180. The number of phenols is 2. The highest BCUT2D eigenvalue weighted by Gasteiger charge is 2.09. The summed E-state index contributed by atoms with van der Waals surface area (Å²) in [6.45, 7) is 4.95. The molecular formula is C12H18NO3. The van der Waals surface area contributed by atoms with Crippen LogP contribution in [-0.4, -0.2) is 28.4 Å². The summed E-state index contributed by atoms with van der Waals surface area (Å²) in [6, 6.07) is 4.32. The van der Waals surface area contributed by atoms with E-state index >= 15 is 0 Å². The van der Waals surface area contributed by atoms with E-state index in [0.29, 0.717) is 12.1 Å². The molecule has 1 rings (SSSR count). The van der Waals surface area contributed by atoms with Gasteiger partial charge in [0.15, 0.2) is 11.5 Å². The number of aliphatic hydroxyl groups is 1. The largest absolute Gasteiger partial charge is 0.504 e. The summed E-state index contributed by atoms with van der Waals surface area (Å²) in [6.07, 6.45) is 1.15. The lowest BCUT2D eigenvalue weighted by atomic mass is 10.1. The fourth-order valence-electron chi connectivity index (χ4n) is 1.35. The van der Waals surface area contributed by atoms with Crippen molar-refractivity contribution in [3.8, 4) is 11.5 Å². The van der Waals surface area contributed by atoms with Gasteiger partial charge >= 0.3 is 0 Å². The molecule has 1 unspecified atom stereocenters. The van der Waals surface area contributed by atoms with Crippen LogP contribution in [0.3, 0.4) is 0 Å². The molecule has 0 heterocycles. The number of nitrogens with one attached hydrogen (secondary N) is 1. The van der Waals surface area contributed by atoms with Crippen molar-refractivity contribution in [2.45, 2.75) is 18.9 Å². The molecule has 0 amide bonds. The van der Waals surface area contributed by atoms with Crippen molar-refractivity contribution in [2.24, 2.45) is 0 Å². The predicted octanol–water partition coefficient (Wildman–Crippen LogP) is 1.34. The van der Waals surface area contributed by atoms with Crippen molar-refractivity contribution in [2.75, 3.05) is 13.1 Å². The number of hydrogen-bond donors (Lipinski definition) is 4. The summed E-state index contributed by atoms with van der Waals surface area (Å²) < 4.78 is 0. The van der Waals surface area contributed by atoms with E-state index in [9.17, 15) is 10.2 Å². The molecule has 0 spiro atoms. The number of aromatic hydroxyl groups is 2. The van der Waals surface area contributed by atoms with Crippen LogP contribution in [0.25, 0.3) is 0 Å². The van der Waals surface area contributed by atoms with E-state index in [1.165, 1.54) is 12.1 Å². The van der Waals surface area contributed by atoms with Gasteiger partial charge in [0.1, 0.15) is 0 Å². The highest BCUT2D eigenvalue weighted by atomic mass is 16.3. The number of unbranched alkanes of at least 4 members (excludes halogenated alkanes) is 1. The van der Waals surface area contributed by atoms with Gasteiger partial charge in [0.05, 0.1) is 6.10 Å². The summed E-state index contributed by atoms with van der Waals surface area (Å²) in [5, 5.41) is 31.2. The molecule has 1 radical (unpaired) electrons. The van der Waals surface area contributed by atoms with Crippen LogP contribution in [-0.2, 0) is 0 Å². The van der Waals surface area contributed by atoms with E-state index in [2.05, 4.69) is 12.2 Å². The van der Waals surface area contributed by atoms with Crippen LogP contribution < -0.4 is 5.32 Å². The zero-order valence-electron chi connectivity index (χ0n) is 9.19. The molecule has 0 aliphatic rings. The quantitative estimate of drug-likeness (QED) is 0.434. The normalized spacial score (nSPS) is 12.6. The highest BCUT2D eigenvalue weighted by Crippen LogP contribution is 2.27. The molecular weight excluding hydrogens is 206 g/mol. The second kappa shape index (κ2) is 6.35. The van der Waals surface area contributed by atoms with Crippen molar-refractivity contribution in [1.82, 2.24) is 5.32 Å². The van der Waals surface area contributed by atoms with E-state index in [-0.39, 0.29) is 11.5 Å². The summed E-state index contributed by atoms with van der Waals surface area (Å²) >= 11 is 0. The molecule has 0 aliphatic carbocycles. The van der Waals surface area contributed by atoms with Crippen LogP contribution in [0.4, 0.5) is 0 Å². The third-order valence-corrected chi connectivity index (χ3v) is 2.33. The molecule has 0 aromatic heterocycles. The van der Waals surface area contributed by atoms with Crippen LogP contribution in [0.15, 0.2) is 18.2 Å². The van der Waals surface area contributed by atoms with Crippen molar-refractivity contribution >= 4 is 0 Å². The van der Waals surface area contributed by atoms with Crippen molar-refractivity contribution in [3.05, 3.63) is 30.7 Å². The van der Waals surface area contributed by atoms with Gasteiger partial charge in [-0.1, -0.05) is 19.4 Å². The number of aliphatic hydroxyl groups excluding tert-OH is 1. The minimum Gasteiger partial charge on any atom is -0.504 e. The first-order chi connectivity index (χ1) is 7.65. The Labute approximate surface area is 95.6 Å². The number of rotatable bonds is 6. The molecule has 1 aromatic carbocycles. The zero-order chi connectivity index (χ0) is 12.0. The maximum atomic E-state index is 9.76. The monoisotopic (exact) mass is 224 g/mol. The van der Waals surface area contributed by atoms with Crippen LogP contribution in [0.2, 0.25) is 0 Å². The molecule has 4 nitrogen and oxygen atoms in total. The van der Waals surface area contributed by atoms with Crippen molar-refractivity contribution in [1.29, 1.82) is 0 Å². The molecule has 89 valence electrons. The Hall–Kier alpha value is -1.26. The van der Waals surface area contributed by atoms with E-state index in [1.807, 2.05) is 0 Å². The van der Waals surface area contributed by atoms with Crippen LogP contribution in [0.5, 0.6) is 11.5 Å². The predicted molar refractivity (Wildman–Crippen MR) is 62.2 cm³/mol. The molecule has 1 atom stereocenters. The van der Waals surface area contributed by atoms with Gasteiger partial charge in [0.25, 0.3) is 0 Å². The molecule has 4 heteroatoms. The van der Waals surface area contributed by atoms with Crippen LogP contribution >= 0.6 is 0 Å². The molecule has 0 saturated carbocycles. The van der Waals surface area contributed by atoms with Gasteiger partial charge in [0.2, 0.25) is 0 Å². The molecule has 16 heavy (non-hydrogen) atoms. The topological polar surface area (TPSA) is 72.7 Å². The fourth-order valence-corrected chi connectivity index (χ4v) is 1.35. The first-order valence-electron chi connectivity index (χ1n) is 5.35. The SMILES string of the molecule is [CH2]CCCNCC(O)c1ccc(O)c(O)c1. The third kappa shape index (κ3) is 3.72. The van der Waals surface area contributed by atoms with Crippen LogP contribution in [0.1, 0.15) is 24.5 Å². The minimum atomic E-state index is -0.684. The lowest BCUT2D eigenvalue weighted by Crippen LogP contribution is -2.22. The van der Waals surface area contributed by atoms with Gasteiger partial charge in [0, 0.05) is 6.54 Å². The Kier molecular flexibility index (Phi) is 5.08. The van der Waals surface area contributed by atoms with Crippen LogP contribution in [0, 0.1) is 6.92 Å². The third-order valence-electron chi connectivity index (χ3n) is 2.33. The Balaban J connectivity index is 2.46. The second-order valence-corrected chi connectivity index (χ2v) is 3.68. The Morgan fingerprint density at radius 1 is 1.25 bits per heavy atom. The summed E-state index contributed by atoms with van der Waals surface area (Å²) in [7, 11) is 0. The Morgan fingerprint density at radius 3 is 2.62 bits per heavy atom. The first kappa shape index (κ1) is 12.8. The van der Waals surface area contributed by atoms with Gasteiger partial charge in [-0.2, -0.15) is 0 Å². The number of phenolic OH excluding ortho intramolecular Hbond substituents is 2. The zero-order valence-corrected chi connectivity index (χ0v) is 9.19. The molecule has 0 aliphatic heterocycles. The van der Waals surface area contributed by atoms with Crippen molar-refractivity contribution in [3.63, 3.8) is 0 Å². The average molecular weight is 224 g/mol. The van der Waals surface area contributed by atoms with Gasteiger partial charge in [-0.15, -0.1) is 0 Å². The Morgan fingerprint density at radius 2 is 2.00 bits per heavy atom.